The normalized spacial score (nSPS) is 47.9. The number of aliphatic hydroxyl groups excluding tert-OH is 1. The molecule has 3 aliphatic carbocycles. The van der Waals surface area contributed by atoms with Crippen LogP contribution in [0.2, 0.25) is 0 Å². The van der Waals surface area contributed by atoms with Crippen molar-refractivity contribution in [1.29, 1.82) is 0 Å². The lowest BCUT2D eigenvalue weighted by Crippen LogP contribution is -2.69. The maximum absolute atomic E-state index is 13.7. The number of Topliss-reactive ketones (excluding diaryl/α,β-unsaturated/α-hetero) is 2. The van der Waals surface area contributed by atoms with Crippen LogP contribution in [-0.2, 0) is 23.8 Å². The number of carbonyl (C=O) groups excluding carboxylic acids is 2. The van der Waals surface area contributed by atoms with Gasteiger partial charge in [-0.25, -0.2) is 0 Å². The molecule has 0 aromatic heterocycles. The summed E-state index contributed by atoms with van der Waals surface area (Å²) in [5.41, 5.74) is -0.644. The van der Waals surface area contributed by atoms with Gasteiger partial charge in [0.2, 0.25) is 11.6 Å². The van der Waals surface area contributed by atoms with Crippen molar-refractivity contribution in [2.45, 2.75) is 52.9 Å². The fraction of sp³-hybridized carbons (Fsp3) is 0.727. The maximum Gasteiger partial charge on any atom is 0.203 e. The summed E-state index contributed by atoms with van der Waals surface area (Å²) >= 11 is 0. The zero-order valence-electron chi connectivity index (χ0n) is 17.4. The topological polar surface area (TPSA) is 82.1 Å². The van der Waals surface area contributed by atoms with Gasteiger partial charge in [0.1, 0.15) is 0 Å². The molecule has 28 heavy (non-hydrogen) atoms. The molecule has 0 bridgehead atoms. The van der Waals surface area contributed by atoms with Crippen molar-refractivity contribution < 1.29 is 28.9 Å². The number of methoxy groups -OCH3 is 2. The van der Waals surface area contributed by atoms with Gasteiger partial charge in [-0.05, 0) is 42.7 Å². The molecular formula is C22H30O6. The summed E-state index contributed by atoms with van der Waals surface area (Å²) in [5, 5.41) is 10.4. The van der Waals surface area contributed by atoms with Crippen LogP contribution in [0, 0.1) is 34.5 Å². The second kappa shape index (κ2) is 6.17. The van der Waals surface area contributed by atoms with E-state index < -0.39 is 23.0 Å². The Morgan fingerprint density at radius 2 is 1.86 bits per heavy atom. The van der Waals surface area contributed by atoms with Crippen molar-refractivity contribution in [2.75, 3.05) is 14.2 Å². The van der Waals surface area contributed by atoms with Crippen LogP contribution >= 0.6 is 0 Å². The van der Waals surface area contributed by atoms with Crippen LogP contribution in [0.15, 0.2) is 23.2 Å². The zero-order chi connectivity index (χ0) is 20.6. The van der Waals surface area contributed by atoms with Crippen LogP contribution in [0.1, 0.15) is 40.5 Å². The number of hydrogen-bond acceptors (Lipinski definition) is 6. The third-order valence-corrected chi connectivity index (χ3v) is 8.22. The first-order valence-electron chi connectivity index (χ1n) is 10.0. The molecule has 0 aromatic rings. The van der Waals surface area contributed by atoms with Crippen molar-refractivity contribution >= 4 is 11.6 Å². The Balaban J connectivity index is 1.97. The van der Waals surface area contributed by atoms with E-state index in [1.807, 2.05) is 19.9 Å². The summed E-state index contributed by atoms with van der Waals surface area (Å²) in [5.74, 6) is -0.284. The lowest BCUT2D eigenvalue weighted by atomic mass is 9.40. The molecule has 0 unspecified atom stereocenters. The average Bonchev–Trinajstić information content (AvgIpc) is 2.63. The highest BCUT2D eigenvalue weighted by atomic mass is 16.6. The molecular weight excluding hydrogens is 360 g/mol. The van der Waals surface area contributed by atoms with Crippen LogP contribution < -0.4 is 0 Å². The van der Waals surface area contributed by atoms with E-state index in [0.717, 1.165) is 5.57 Å². The summed E-state index contributed by atoms with van der Waals surface area (Å²) in [4.78, 5) is 27.3. The number of hydrogen-bond donors (Lipinski definition) is 1. The van der Waals surface area contributed by atoms with Crippen molar-refractivity contribution in [1.82, 2.24) is 0 Å². The van der Waals surface area contributed by atoms with Gasteiger partial charge >= 0.3 is 0 Å². The Kier molecular flexibility index (Phi) is 4.33. The maximum atomic E-state index is 13.7. The summed E-state index contributed by atoms with van der Waals surface area (Å²) in [6.07, 6.45) is 1.70. The second-order valence-electron chi connectivity index (χ2n) is 9.30. The van der Waals surface area contributed by atoms with E-state index in [2.05, 4.69) is 13.8 Å². The third kappa shape index (κ3) is 2.16. The highest BCUT2D eigenvalue weighted by Gasteiger charge is 2.71. The Hall–Kier alpha value is -1.66. The largest absolute Gasteiger partial charge is 0.493 e. The van der Waals surface area contributed by atoms with Crippen LogP contribution in [-0.4, -0.2) is 43.3 Å². The smallest absolute Gasteiger partial charge is 0.203 e. The molecule has 154 valence electrons. The van der Waals surface area contributed by atoms with Crippen molar-refractivity contribution in [3.63, 3.8) is 0 Å². The summed E-state index contributed by atoms with van der Waals surface area (Å²) in [7, 11) is 3.00. The minimum atomic E-state index is -0.907. The molecule has 0 radical (unpaired) electrons. The van der Waals surface area contributed by atoms with Crippen LogP contribution in [0.3, 0.4) is 0 Å². The third-order valence-electron chi connectivity index (χ3n) is 8.22. The average molecular weight is 390 g/mol. The number of ether oxygens (including phenoxy) is 3. The summed E-state index contributed by atoms with van der Waals surface area (Å²) in [6.45, 7) is 7.93. The van der Waals surface area contributed by atoms with Crippen LogP contribution in [0.4, 0.5) is 0 Å². The molecule has 1 saturated carbocycles. The second-order valence-corrected chi connectivity index (χ2v) is 9.30. The molecule has 1 aliphatic heterocycles. The number of aliphatic hydroxyl groups is 1. The number of rotatable bonds is 2. The first-order valence-corrected chi connectivity index (χ1v) is 10.0. The van der Waals surface area contributed by atoms with E-state index >= 15 is 0 Å². The molecule has 1 heterocycles. The minimum absolute atomic E-state index is 0.0501. The van der Waals surface area contributed by atoms with E-state index in [1.165, 1.54) is 14.2 Å². The predicted octanol–water partition coefficient (Wildman–Crippen LogP) is 2.61. The van der Waals surface area contributed by atoms with Gasteiger partial charge in [-0.15, -0.1) is 0 Å². The first-order chi connectivity index (χ1) is 13.1. The van der Waals surface area contributed by atoms with Gasteiger partial charge in [0.25, 0.3) is 0 Å². The SMILES string of the molecule is COC1=C[C@H](C)[C@H]2C[C@H]3O[C@@H](O)C[C@H]4C(C)=C(OC)C(=O)[C@H]([C@]2(C)C1=O)[C@@]34C. The Morgan fingerprint density at radius 3 is 2.46 bits per heavy atom. The van der Waals surface area contributed by atoms with E-state index in [-0.39, 0.29) is 35.4 Å². The predicted molar refractivity (Wildman–Crippen MR) is 101 cm³/mol. The van der Waals surface area contributed by atoms with Gasteiger partial charge in [0, 0.05) is 23.2 Å². The first kappa shape index (κ1) is 19.6. The lowest BCUT2D eigenvalue weighted by molar-refractivity contribution is -0.272. The molecule has 4 aliphatic rings. The van der Waals surface area contributed by atoms with Gasteiger partial charge in [-0.3, -0.25) is 9.59 Å². The molecule has 0 amide bonds. The van der Waals surface area contributed by atoms with E-state index in [4.69, 9.17) is 14.2 Å². The molecule has 1 saturated heterocycles. The Labute approximate surface area is 165 Å². The van der Waals surface area contributed by atoms with E-state index in [1.54, 1.807) is 0 Å². The Morgan fingerprint density at radius 1 is 1.18 bits per heavy atom. The highest BCUT2D eigenvalue weighted by Crippen LogP contribution is 2.67. The minimum Gasteiger partial charge on any atom is -0.493 e. The molecule has 6 heteroatoms. The summed E-state index contributed by atoms with van der Waals surface area (Å²) < 4.78 is 16.9. The number of ketones is 2. The number of fused-ring (bicyclic) bond motifs is 2. The van der Waals surface area contributed by atoms with Gasteiger partial charge < -0.3 is 19.3 Å². The molecule has 2 fully saturated rings. The Bertz CT molecular complexity index is 797. The van der Waals surface area contributed by atoms with Gasteiger partial charge in [0.15, 0.2) is 17.8 Å². The van der Waals surface area contributed by atoms with Crippen LogP contribution in [0.5, 0.6) is 0 Å². The molecule has 1 N–H and O–H groups in total. The zero-order valence-corrected chi connectivity index (χ0v) is 17.4. The fourth-order valence-corrected chi connectivity index (χ4v) is 6.96. The number of carbonyl (C=O) groups is 2. The molecule has 4 rings (SSSR count). The van der Waals surface area contributed by atoms with Crippen LogP contribution in [0.25, 0.3) is 0 Å². The molecule has 6 nitrogen and oxygen atoms in total. The van der Waals surface area contributed by atoms with Gasteiger partial charge in [-0.1, -0.05) is 20.8 Å². The molecule has 0 spiro atoms. The van der Waals surface area contributed by atoms with Gasteiger partial charge in [-0.2, -0.15) is 0 Å². The monoisotopic (exact) mass is 390 g/mol. The van der Waals surface area contributed by atoms with E-state index in [9.17, 15) is 14.7 Å². The quantitative estimate of drug-likeness (QED) is 0.781. The highest BCUT2D eigenvalue weighted by molar-refractivity contribution is 6.07. The van der Waals surface area contributed by atoms with Crippen molar-refractivity contribution in [2.24, 2.45) is 34.5 Å². The number of allylic oxidation sites excluding steroid dienone is 4. The van der Waals surface area contributed by atoms with Gasteiger partial charge in [0.05, 0.1) is 20.3 Å². The molecule has 8 atom stereocenters. The summed E-state index contributed by atoms with van der Waals surface area (Å²) in [6, 6.07) is 0. The standard InChI is InChI=1S/C22H30O6/c1-10-7-14(26-5)20(25)22(4)12(10)8-15-21(3)13(9-16(23)28-15)11(2)18(27-6)17(24)19(21)22/h7,10,12-13,15-16,19,23H,8-9H2,1-6H3/t10-,12+,13-,15+,16+,19-,21+,22+/m0/s1. The lowest BCUT2D eigenvalue weighted by Gasteiger charge is -2.65. The molecule has 0 aromatic carbocycles. The fourth-order valence-electron chi connectivity index (χ4n) is 6.96. The van der Waals surface area contributed by atoms with Crippen molar-refractivity contribution in [3.8, 4) is 0 Å². The van der Waals surface area contributed by atoms with Crippen molar-refractivity contribution in [3.05, 3.63) is 23.2 Å². The van der Waals surface area contributed by atoms with E-state index in [0.29, 0.717) is 24.4 Å².